The van der Waals surface area contributed by atoms with E-state index in [0.29, 0.717) is 11.1 Å². The van der Waals surface area contributed by atoms with Crippen LogP contribution in [-0.2, 0) is 9.59 Å². The van der Waals surface area contributed by atoms with Crippen LogP contribution in [0.2, 0.25) is 0 Å². The maximum Gasteiger partial charge on any atom is 0.265 e. The molecule has 1 aliphatic heterocycles. The standard InChI is InChI=1S/C15H13FN2O2S/c1-3-6-18-14(20)11(13(19)17-15(18)21)8-10-4-5-12(16)9(2)7-10/h3-5,7-8H,1,6H2,2H3,(H,17,19,21). The van der Waals surface area contributed by atoms with Crippen molar-refractivity contribution in [2.24, 2.45) is 0 Å². The molecule has 1 aliphatic rings. The van der Waals surface area contributed by atoms with Crippen molar-refractivity contribution in [3.63, 3.8) is 0 Å². The van der Waals surface area contributed by atoms with Gasteiger partial charge in [-0.05, 0) is 48.5 Å². The van der Waals surface area contributed by atoms with Gasteiger partial charge in [0.2, 0.25) is 0 Å². The second kappa shape index (κ2) is 5.97. The highest BCUT2D eigenvalue weighted by atomic mass is 32.1. The number of nitrogens with zero attached hydrogens (tertiary/aromatic N) is 1. The first-order chi connectivity index (χ1) is 9.93. The summed E-state index contributed by atoms with van der Waals surface area (Å²) in [5.41, 5.74) is 0.960. The summed E-state index contributed by atoms with van der Waals surface area (Å²) < 4.78 is 13.2. The molecule has 0 radical (unpaired) electrons. The Morgan fingerprint density at radius 2 is 2.14 bits per heavy atom. The van der Waals surface area contributed by atoms with E-state index in [1.54, 1.807) is 13.0 Å². The van der Waals surface area contributed by atoms with Gasteiger partial charge in [0.1, 0.15) is 11.4 Å². The Hall–Kier alpha value is -2.34. The van der Waals surface area contributed by atoms with Gasteiger partial charge in [0.15, 0.2) is 5.11 Å². The molecule has 6 heteroatoms. The van der Waals surface area contributed by atoms with Crippen molar-refractivity contribution in [3.8, 4) is 0 Å². The summed E-state index contributed by atoms with van der Waals surface area (Å²) in [6.07, 6.45) is 2.93. The van der Waals surface area contributed by atoms with Crippen molar-refractivity contribution in [1.29, 1.82) is 0 Å². The molecule has 0 aromatic heterocycles. The van der Waals surface area contributed by atoms with Gasteiger partial charge in [-0.1, -0.05) is 12.1 Å². The molecule has 0 bridgehead atoms. The van der Waals surface area contributed by atoms with Crippen LogP contribution in [0.15, 0.2) is 36.4 Å². The number of thiocarbonyl (C=S) groups is 1. The molecule has 4 nitrogen and oxygen atoms in total. The first-order valence-electron chi connectivity index (χ1n) is 6.20. The average Bonchev–Trinajstić information content (AvgIpc) is 2.43. The summed E-state index contributed by atoms with van der Waals surface area (Å²) in [7, 11) is 0. The first kappa shape index (κ1) is 15.1. The molecular weight excluding hydrogens is 291 g/mol. The van der Waals surface area contributed by atoms with Crippen LogP contribution in [-0.4, -0.2) is 28.4 Å². The van der Waals surface area contributed by atoms with Crippen molar-refractivity contribution >= 4 is 35.2 Å². The van der Waals surface area contributed by atoms with Gasteiger partial charge < -0.3 is 0 Å². The predicted molar refractivity (Wildman–Crippen MR) is 81.8 cm³/mol. The van der Waals surface area contributed by atoms with Crippen LogP contribution >= 0.6 is 12.2 Å². The Balaban J connectivity index is 2.40. The van der Waals surface area contributed by atoms with Crippen molar-refractivity contribution in [2.75, 3.05) is 6.54 Å². The molecule has 1 saturated heterocycles. The lowest BCUT2D eigenvalue weighted by atomic mass is 10.1. The van der Waals surface area contributed by atoms with Gasteiger partial charge in [0.25, 0.3) is 11.8 Å². The number of hydrogen-bond acceptors (Lipinski definition) is 3. The average molecular weight is 304 g/mol. The molecule has 0 unspecified atom stereocenters. The zero-order chi connectivity index (χ0) is 15.6. The van der Waals surface area contributed by atoms with E-state index < -0.39 is 11.8 Å². The minimum Gasteiger partial charge on any atom is -0.298 e. The third-order valence-corrected chi connectivity index (χ3v) is 3.31. The fourth-order valence-corrected chi connectivity index (χ4v) is 2.16. The Bertz CT molecular complexity index is 682. The van der Waals surface area contributed by atoms with E-state index in [-0.39, 0.29) is 23.0 Å². The number of halogens is 1. The summed E-state index contributed by atoms with van der Waals surface area (Å²) in [5, 5.41) is 2.50. The molecule has 2 amide bonds. The normalized spacial score (nSPS) is 17.1. The largest absolute Gasteiger partial charge is 0.298 e. The van der Waals surface area contributed by atoms with Crippen LogP contribution < -0.4 is 5.32 Å². The summed E-state index contributed by atoms with van der Waals surface area (Å²) in [6.45, 7) is 5.36. The fourth-order valence-electron chi connectivity index (χ4n) is 1.91. The minimum absolute atomic E-state index is 0.0449. The molecule has 0 spiro atoms. The molecule has 21 heavy (non-hydrogen) atoms. The van der Waals surface area contributed by atoms with E-state index in [4.69, 9.17) is 12.2 Å². The smallest absolute Gasteiger partial charge is 0.265 e. The van der Waals surface area contributed by atoms with Gasteiger partial charge in [-0.25, -0.2) is 4.39 Å². The number of hydrogen-bond donors (Lipinski definition) is 1. The second-order valence-electron chi connectivity index (χ2n) is 4.53. The summed E-state index contributed by atoms with van der Waals surface area (Å²) >= 11 is 4.95. The van der Waals surface area contributed by atoms with E-state index in [2.05, 4.69) is 11.9 Å². The van der Waals surface area contributed by atoms with Crippen LogP contribution in [0.3, 0.4) is 0 Å². The molecule has 0 atom stereocenters. The quantitative estimate of drug-likeness (QED) is 0.402. The van der Waals surface area contributed by atoms with Crippen molar-refractivity contribution in [3.05, 3.63) is 53.4 Å². The third kappa shape index (κ3) is 3.05. The van der Waals surface area contributed by atoms with E-state index in [0.717, 1.165) is 0 Å². The number of benzene rings is 1. The molecule has 1 aromatic carbocycles. The van der Waals surface area contributed by atoms with Crippen LogP contribution in [0.4, 0.5) is 4.39 Å². The number of aryl methyl sites for hydroxylation is 1. The van der Waals surface area contributed by atoms with Gasteiger partial charge >= 0.3 is 0 Å². The molecule has 1 heterocycles. The highest BCUT2D eigenvalue weighted by Gasteiger charge is 2.32. The van der Waals surface area contributed by atoms with Gasteiger partial charge in [0, 0.05) is 6.54 Å². The highest BCUT2D eigenvalue weighted by molar-refractivity contribution is 7.80. The van der Waals surface area contributed by atoms with Crippen LogP contribution in [0.5, 0.6) is 0 Å². The van der Waals surface area contributed by atoms with Crippen molar-refractivity contribution in [2.45, 2.75) is 6.92 Å². The van der Waals surface area contributed by atoms with E-state index >= 15 is 0 Å². The SMILES string of the molecule is C=CCN1C(=O)C(=Cc2ccc(F)c(C)c2)C(=O)NC1=S. The number of carbonyl (C=O) groups excluding carboxylic acids is 2. The molecule has 1 aromatic rings. The maximum absolute atomic E-state index is 13.2. The molecular formula is C15H13FN2O2S. The van der Waals surface area contributed by atoms with Gasteiger partial charge in [-0.2, -0.15) is 0 Å². The summed E-state index contributed by atoms with van der Waals surface area (Å²) in [4.78, 5) is 25.4. The van der Waals surface area contributed by atoms with E-state index in [1.807, 2.05) is 0 Å². The zero-order valence-electron chi connectivity index (χ0n) is 11.4. The monoisotopic (exact) mass is 304 g/mol. The Morgan fingerprint density at radius 1 is 1.43 bits per heavy atom. The van der Waals surface area contributed by atoms with Crippen LogP contribution in [0.25, 0.3) is 6.08 Å². The third-order valence-electron chi connectivity index (χ3n) is 2.99. The maximum atomic E-state index is 13.2. The molecule has 2 rings (SSSR count). The van der Waals surface area contributed by atoms with Crippen LogP contribution in [0.1, 0.15) is 11.1 Å². The summed E-state index contributed by atoms with van der Waals surface area (Å²) in [5.74, 6) is -1.40. The van der Waals surface area contributed by atoms with Crippen molar-refractivity contribution in [1.82, 2.24) is 10.2 Å². The number of nitrogens with one attached hydrogen (secondary N) is 1. The van der Waals surface area contributed by atoms with E-state index in [9.17, 15) is 14.0 Å². The summed E-state index contributed by atoms with van der Waals surface area (Å²) in [6, 6.07) is 4.35. The fraction of sp³-hybridized carbons (Fsp3) is 0.133. The Kier molecular flexibility index (Phi) is 4.28. The Labute approximate surface area is 126 Å². The number of carbonyl (C=O) groups is 2. The van der Waals surface area contributed by atoms with Crippen molar-refractivity contribution < 1.29 is 14.0 Å². The highest BCUT2D eigenvalue weighted by Crippen LogP contribution is 2.16. The van der Waals surface area contributed by atoms with Crippen LogP contribution in [0, 0.1) is 12.7 Å². The zero-order valence-corrected chi connectivity index (χ0v) is 12.2. The van der Waals surface area contributed by atoms with Gasteiger partial charge in [0.05, 0.1) is 0 Å². The molecule has 108 valence electrons. The Morgan fingerprint density at radius 3 is 2.76 bits per heavy atom. The minimum atomic E-state index is -0.563. The molecule has 0 saturated carbocycles. The molecule has 0 aliphatic carbocycles. The topological polar surface area (TPSA) is 49.4 Å². The van der Waals surface area contributed by atoms with Gasteiger partial charge in [-0.3, -0.25) is 19.8 Å². The predicted octanol–water partition coefficient (Wildman–Crippen LogP) is 1.95. The molecule has 1 N–H and O–H groups in total. The van der Waals surface area contributed by atoms with E-state index in [1.165, 1.54) is 29.2 Å². The first-order valence-corrected chi connectivity index (χ1v) is 6.60. The lowest BCUT2D eigenvalue weighted by Crippen LogP contribution is -2.53. The number of amides is 2. The molecule has 1 fully saturated rings. The number of rotatable bonds is 3. The lowest BCUT2D eigenvalue weighted by molar-refractivity contribution is -0.128. The lowest BCUT2D eigenvalue weighted by Gasteiger charge is -2.27. The van der Waals surface area contributed by atoms with Gasteiger partial charge in [-0.15, -0.1) is 6.58 Å². The second-order valence-corrected chi connectivity index (χ2v) is 4.92.